The van der Waals surface area contributed by atoms with Gasteiger partial charge in [0.1, 0.15) is 11.4 Å². The largest absolute Gasteiger partial charge is 0.484 e. The van der Waals surface area contributed by atoms with Crippen molar-refractivity contribution >= 4 is 17.9 Å². The van der Waals surface area contributed by atoms with E-state index in [-0.39, 0.29) is 24.1 Å². The Morgan fingerprint density at radius 2 is 1.97 bits per heavy atom. The summed E-state index contributed by atoms with van der Waals surface area (Å²) >= 11 is 0. The molecule has 2 N–H and O–H groups in total. The molecule has 0 aliphatic carbocycles. The summed E-state index contributed by atoms with van der Waals surface area (Å²) in [5.41, 5.74) is 3.58. The van der Waals surface area contributed by atoms with E-state index in [2.05, 4.69) is 27.2 Å². The van der Waals surface area contributed by atoms with Gasteiger partial charge in [-0.3, -0.25) is 14.6 Å². The second kappa shape index (κ2) is 12.2. The molecule has 0 fully saturated rings. The SMILES string of the molecule is C=C(CCNC(=O)c1cnc(/C=C/COC)cn1)NC(=O)COc1ccc(C)c(C)c1. The van der Waals surface area contributed by atoms with Crippen molar-refractivity contribution in [3.63, 3.8) is 0 Å². The highest BCUT2D eigenvalue weighted by molar-refractivity contribution is 5.91. The van der Waals surface area contributed by atoms with E-state index in [1.54, 1.807) is 19.3 Å². The minimum atomic E-state index is -0.350. The number of carbonyl (C=O) groups excluding carboxylic acids is 2. The van der Waals surface area contributed by atoms with Gasteiger partial charge in [-0.2, -0.15) is 0 Å². The third kappa shape index (κ3) is 8.39. The Bertz CT molecular complexity index is 939. The lowest BCUT2D eigenvalue weighted by Crippen LogP contribution is -2.31. The van der Waals surface area contributed by atoms with Gasteiger partial charge < -0.3 is 20.1 Å². The van der Waals surface area contributed by atoms with Crippen LogP contribution in [-0.4, -0.2) is 48.7 Å². The maximum absolute atomic E-state index is 12.1. The van der Waals surface area contributed by atoms with Crippen LogP contribution in [0.5, 0.6) is 5.75 Å². The molecule has 1 aromatic carbocycles. The molecule has 1 aromatic heterocycles. The van der Waals surface area contributed by atoms with Crippen molar-refractivity contribution < 1.29 is 19.1 Å². The molecule has 0 bridgehead atoms. The predicted molar refractivity (Wildman–Crippen MR) is 119 cm³/mol. The van der Waals surface area contributed by atoms with Gasteiger partial charge in [-0.1, -0.05) is 18.7 Å². The molecule has 0 radical (unpaired) electrons. The van der Waals surface area contributed by atoms with Crippen LogP contribution < -0.4 is 15.4 Å². The standard InChI is InChI=1S/C23H28N4O4/c1-16-7-8-20(12-17(16)2)31-15-22(28)27-18(3)9-10-24-23(29)21-14-25-19(13-26-21)6-5-11-30-4/h5-8,12-14H,3,9-11,15H2,1-2,4H3,(H,24,29)(H,27,28)/b6-5+. The van der Waals surface area contributed by atoms with E-state index in [0.29, 0.717) is 36.7 Å². The fourth-order valence-corrected chi connectivity index (χ4v) is 2.47. The summed E-state index contributed by atoms with van der Waals surface area (Å²) in [6.45, 7) is 8.46. The van der Waals surface area contributed by atoms with E-state index in [1.807, 2.05) is 32.0 Å². The van der Waals surface area contributed by atoms with E-state index in [0.717, 1.165) is 11.1 Å². The highest BCUT2D eigenvalue weighted by atomic mass is 16.5. The van der Waals surface area contributed by atoms with Crippen LogP contribution in [0.1, 0.15) is 33.7 Å². The summed E-state index contributed by atoms with van der Waals surface area (Å²) in [5, 5.41) is 5.39. The molecule has 0 aliphatic heterocycles. The highest BCUT2D eigenvalue weighted by Gasteiger charge is 2.09. The number of carbonyl (C=O) groups is 2. The number of amides is 2. The fourth-order valence-electron chi connectivity index (χ4n) is 2.47. The molecular formula is C23H28N4O4. The normalized spacial score (nSPS) is 10.7. The summed E-state index contributed by atoms with van der Waals surface area (Å²) < 4.78 is 10.4. The Hall–Kier alpha value is -3.52. The van der Waals surface area contributed by atoms with Crippen LogP contribution in [0.25, 0.3) is 6.08 Å². The lowest BCUT2D eigenvalue weighted by atomic mass is 10.1. The Balaban J connectivity index is 1.69. The Labute approximate surface area is 182 Å². The number of ether oxygens (including phenoxy) is 2. The molecule has 0 saturated carbocycles. The average molecular weight is 425 g/mol. The first-order valence-corrected chi connectivity index (χ1v) is 9.82. The molecular weight excluding hydrogens is 396 g/mol. The topological polar surface area (TPSA) is 102 Å². The number of rotatable bonds is 11. The van der Waals surface area contributed by atoms with Crippen LogP contribution in [0, 0.1) is 13.8 Å². The first-order chi connectivity index (χ1) is 14.9. The zero-order valence-electron chi connectivity index (χ0n) is 18.1. The fraction of sp³-hybridized carbons (Fsp3) is 0.304. The van der Waals surface area contributed by atoms with E-state index < -0.39 is 0 Å². The molecule has 8 nitrogen and oxygen atoms in total. The molecule has 0 saturated heterocycles. The summed E-state index contributed by atoms with van der Waals surface area (Å²) in [7, 11) is 1.60. The quantitative estimate of drug-likeness (QED) is 0.575. The zero-order chi connectivity index (χ0) is 22.6. The number of aromatic nitrogens is 2. The molecule has 31 heavy (non-hydrogen) atoms. The maximum atomic E-state index is 12.1. The number of benzene rings is 1. The molecule has 8 heteroatoms. The molecule has 0 atom stereocenters. The lowest BCUT2D eigenvalue weighted by molar-refractivity contribution is -0.122. The van der Waals surface area contributed by atoms with Crippen LogP contribution in [0.4, 0.5) is 0 Å². The summed E-state index contributed by atoms with van der Waals surface area (Å²) in [5.74, 6) is -0.0212. The van der Waals surface area contributed by atoms with Crippen molar-refractivity contribution in [3.05, 3.63) is 71.5 Å². The van der Waals surface area contributed by atoms with E-state index in [4.69, 9.17) is 9.47 Å². The highest BCUT2D eigenvalue weighted by Crippen LogP contribution is 2.16. The van der Waals surface area contributed by atoms with Crippen LogP contribution in [0.3, 0.4) is 0 Å². The molecule has 2 amide bonds. The van der Waals surface area contributed by atoms with Gasteiger partial charge in [0.2, 0.25) is 0 Å². The lowest BCUT2D eigenvalue weighted by Gasteiger charge is -2.11. The van der Waals surface area contributed by atoms with Crippen LogP contribution in [-0.2, 0) is 9.53 Å². The summed E-state index contributed by atoms with van der Waals surface area (Å²) in [6.07, 6.45) is 6.86. The second-order valence-electron chi connectivity index (χ2n) is 6.88. The number of hydrogen-bond acceptors (Lipinski definition) is 6. The van der Waals surface area contributed by atoms with Crippen molar-refractivity contribution in [3.8, 4) is 5.75 Å². The van der Waals surface area contributed by atoms with Crippen molar-refractivity contribution in [2.24, 2.45) is 0 Å². The van der Waals surface area contributed by atoms with E-state index >= 15 is 0 Å². The van der Waals surface area contributed by atoms with Gasteiger partial charge in [0.25, 0.3) is 11.8 Å². The van der Waals surface area contributed by atoms with Gasteiger partial charge in [-0.05, 0) is 43.2 Å². The Morgan fingerprint density at radius 1 is 1.16 bits per heavy atom. The maximum Gasteiger partial charge on any atom is 0.271 e. The minimum Gasteiger partial charge on any atom is -0.484 e. The number of aryl methyl sites for hydroxylation is 2. The molecule has 1 heterocycles. The van der Waals surface area contributed by atoms with Gasteiger partial charge in [0.15, 0.2) is 6.61 Å². The molecule has 0 unspecified atom stereocenters. The first-order valence-electron chi connectivity index (χ1n) is 9.82. The van der Waals surface area contributed by atoms with Crippen molar-refractivity contribution in [1.82, 2.24) is 20.6 Å². The number of methoxy groups -OCH3 is 1. The van der Waals surface area contributed by atoms with E-state index in [9.17, 15) is 9.59 Å². The number of hydrogen-bond donors (Lipinski definition) is 2. The van der Waals surface area contributed by atoms with Gasteiger partial charge in [-0.25, -0.2) is 4.98 Å². The van der Waals surface area contributed by atoms with Crippen LogP contribution in [0.15, 0.2) is 48.9 Å². The van der Waals surface area contributed by atoms with Crippen molar-refractivity contribution in [2.45, 2.75) is 20.3 Å². The molecule has 2 aromatic rings. The van der Waals surface area contributed by atoms with Crippen LogP contribution >= 0.6 is 0 Å². The van der Waals surface area contributed by atoms with Gasteiger partial charge in [0.05, 0.1) is 24.7 Å². The predicted octanol–water partition coefficient (Wildman–Crippen LogP) is 2.58. The summed E-state index contributed by atoms with van der Waals surface area (Å²) in [4.78, 5) is 32.4. The summed E-state index contributed by atoms with van der Waals surface area (Å²) in [6, 6.07) is 5.66. The van der Waals surface area contributed by atoms with Crippen LogP contribution in [0.2, 0.25) is 0 Å². The minimum absolute atomic E-state index is 0.116. The van der Waals surface area contributed by atoms with Crippen molar-refractivity contribution in [2.75, 3.05) is 26.9 Å². The van der Waals surface area contributed by atoms with Gasteiger partial charge in [0, 0.05) is 25.8 Å². The average Bonchev–Trinajstić information content (AvgIpc) is 2.75. The monoisotopic (exact) mass is 424 g/mol. The molecule has 0 spiro atoms. The molecule has 0 aliphatic rings. The Kier molecular flexibility index (Phi) is 9.38. The molecule has 164 valence electrons. The van der Waals surface area contributed by atoms with Crippen molar-refractivity contribution in [1.29, 1.82) is 0 Å². The zero-order valence-corrected chi connectivity index (χ0v) is 18.1. The third-order valence-electron chi connectivity index (χ3n) is 4.33. The third-order valence-corrected chi connectivity index (χ3v) is 4.33. The second-order valence-corrected chi connectivity index (χ2v) is 6.88. The van der Waals surface area contributed by atoms with E-state index in [1.165, 1.54) is 12.4 Å². The molecule has 2 rings (SSSR count). The number of nitrogens with zero attached hydrogens (tertiary/aromatic N) is 2. The first kappa shape index (κ1) is 23.8. The number of nitrogens with one attached hydrogen (secondary N) is 2. The smallest absolute Gasteiger partial charge is 0.271 e. The van der Waals surface area contributed by atoms with Gasteiger partial charge in [-0.15, -0.1) is 0 Å². The Morgan fingerprint density at radius 3 is 2.65 bits per heavy atom. The van der Waals surface area contributed by atoms with Gasteiger partial charge >= 0.3 is 0 Å².